The maximum Gasteiger partial charge on any atom is 0.331 e. The van der Waals surface area contributed by atoms with Crippen molar-refractivity contribution in [3.05, 3.63) is 12.2 Å². The number of ether oxygens (including phenoxy) is 2. The van der Waals surface area contributed by atoms with Gasteiger partial charge in [-0.15, -0.1) is 0 Å². The first-order valence-electron chi connectivity index (χ1n) is 5.07. The van der Waals surface area contributed by atoms with E-state index in [1.165, 1.54) is 0 Å². The van der Waals surface area contributed by atoms with E-state index in [1.807, 2.05) is 13.8 Å². The highest BCUT2D eigenvalue weighted by Gasteiger charge is 2.00. The summed E-state index contributed by atoms with van der Waals surface area (Å²) < 4.78 is 9.45. The molecule has 0 aliphatic rings. The Balaban J connectivity index is 3.68. The predicted molar refractivity (Wildman–Crippen MR) is 56.2 cm³/mol. The third-order valence-corrected chi connectivity index (χ3v) is 1.58. The Bertz CT molecular complexity index is 231. The molecule has 0 saturated heterocycles. The lowest BCUT2D eigenvalue weighted by Crippen LogP contribution is -2.06. The zero-order valence-electron chi connectivity index (χ0n) is 9.49. The van der Waals surface area contributed by atoms with Crippen LogP contribution in [0.4, 0.5) is 0 Å². The molecule has 0 saturated carbocycles. The summed E-state index contributed by atoms with van der Waals surface area (Å²) in [6, 6.07) is 0. The minimum atomic E-state index is -0.529. The number of hydrogen-bond donors (Lipinski definition) is 0. The number of rotatable bonds is 6. The molecule has 0 amide bonds. The molecule has 0 radical (unpaired) electrons. The predicted octanol–water partition coefficient (Wildman–Crippen LogP) is 1.70. The molecule has 0 unspecified atom stereocenters. The molecule has 0 aliphatic heterocycles. The lowest BCUT2D eigenvalue weighted by Gasteiger charge is -2.03. The fourth-order valence-electron chi connectivity index (χ4n) is 0.770. The van der Waals surface area contributed by atoms with E-state index in [1.54, 1.807) is 6.92 Å². The molecule has 0 aromatic rings. The maximum atomic E-state index is 11.0. The number of hydrogen-bond acceptors (Lipinski definition) is 4. The molecular weight excluding hydrogens is 196 g/mol. The van der Waals surface area contributed by atoms with E-state index in [0.717, 1.165) is 18.6 Å². The minimum absolute atomic E-state index is 0.297. The normalized spacial score (nSPS) is 10.7. The van der Waals surface area contributed by atoms with Gasteiger partial charge in [-0.25, -0.2) is 9.59 Å². The number of esters is 2. The molecule has 0 rings (SSSR count). The van der Waals surface area contributed by atoms with Crippen molar-refractivity contribution in [2.45, 2.75) is 27.2 Å². The third kappa shape index (κ3) is 9.00. The molecule has 15 heavy (non-hydrogen) atoms. The van der Waals surface area contributed by atoms with Gasteiger partial charge in [-0.1, -0.05) is 13.8 Å². The lowest BCUT2D eigenvalue weighted by atomic mass is 10.1. The molecular formula is C11H18O4. The van der Waals surface area contributed by atoms with Crippen LogP contribution < -0.4 is 0 Å². The van der Waals surface area contributed by atoms with Crippen molar-refractivity contribution in [2.24, 2.45) is 5.92 Å². The molecule has 0 heterocycles. The smallest absolute Gasteiger partial charge is 0.331 e. The highest BCUT2D eigenvalue weighted by atomic mass is 16.5. The van der Waals surface area contributed by atoms with Crippen molar-refractivity contribution in [1.29, 1.82) is 0 Å². The van der Waals surface area contributed by atoms with E-state index in [4.69, 9.17) is 4.74 Å². The Morgan fingerprint density at radius 2 is 1.67 bits per heavy atom. The lowest BCUT2D eigenvalue weighted by molar-refractivity contribution is -0.140. The molecule has 0 aromatic carbocycles. The second-order valence-corrected chi connectivity index (χ2v) is 3.44. The van der Waals surface area contributed by atoms with Crippen molar-refractivity contribution < 1.29 is 19.1 Å². The Hall–Kier alpha value is -1.32. The summed E-state index contributed by atoms with van der Waals surface area (Å²) in [7, 11) is 0. The van der Waals surface area contributed by atoms with Crippen molar-refractivity contribution in [2.75, 3.05) is 13.2 Å². The summed E-state index contributed by atoms with van der Waals surface area (Å²) >= 11 is 0. The fourth-order valence-corrected chi connectivity index (χ4v) is 0.770. The van der Waals surface area contributed by atoms with Crippen molar-refractivity contribution in [3.63, 3.8) is 0 Å². The summed E-state index contributed by atoms with van der Waals surface area (Å²) in [5.74, 6) is -0.547. The molecule has 0 aliphatic carbocycles. The van der Waals surface area contributed by atoms with Crippen LogP contribution in [0.2, 0.25) is 0 Å². The molecule has 4 nitrogen and oxygen atoms in total. The van der Waals surface area contributed by atoms with Gasteiger partial charge in [0.1, 0.15) is 0 Å². The van der Waals surface area contributed by atoms with Crippen LogP contribution in [0.3, 0.4) is 0 Å². The van der Waals surface area contributed by atoms with Crippen molar-refractivity contribution in [3.8, 4) is 0 Å². The Kier molecular flexibility index (Phi) is 7.32. The van der Waals surface area contributed by atoms with Gasteiger partial charge in [0.25, 0.3) is 0 Å². The van der Waals surface area contributed by atoms with Crippen molar-refractivity contribution >= 4 is 11.9 Å². The van der Waals surface area contributed by atoms with Gasteiger partial charge in [-0.2, -0.15) is 0 Å². The number of carbonyl (C=O) groups is 2. The molecule has 86 valence electrons. The van der Waals surface area contributed by atoms with Crippen LogP contribution in [0.25, 0.3) is 0 Å². The van der Waals surface area contributed by atoms with Gasteiger partial charge in [0.2, 0.25) is 0 Å². The summed E-state index contributed by atoms with van der Waals surface area (Å²) in [5, 5.41) is 0. The van der Waals surface area contributed by atoms with Gasteiger partial charge >= 0.3 is 11.9 Å². The summed E-state index contributed by atoms with van der Waals surface area (Å²) in [6.45, 7) is 6.46. The first-order valence-corrected chi connectivity index (χ1v) is 5.07. The SMILES string of the molecule is CCOC(=O)/C=C/C(=O)OCCC(C)C. The molecule has 0 N–H and O–H groups in total. The van der Waals surface area contributed by atoms with Crippen LogP contribution in [0, 0.1) is 5.92 Å². The molecule has 0 fully saturated rings. The van der Waals surface area contributed by atoms with Crippen LogP contribution >= 0.6 is 0 Å². The van der Waals surface area contributed by atoms with Gasteiger partial charge in [-0.05, 0) is 19.3 Å². The van der Waals surface area contributed by atoms with Crippen LogP contribution in [0.1, 0.15) is 27.2 Å². The standard InChI is InChI=1S/C11H18O4/c1-4-14-10(12)5-6-11(13)15-8-7-9(2)3/h5-6,9H,4,7-8H2,1-3H3/b6-5+. The summed E-state index contributed by atoms with van der Waals surface area (Å²) in [4.78, 5) is 21.8. The molecule has 0 atom stereocenters. The quantitative estimate of drug-likeness (QED) is 0.498. The van der Waals surface area contributed by atoms with Crippen LogP contribution in [-0.2, 0) is 19.1 Å². The first kappa shape index (κ1) is 13.7. The zero-order valence-corrected chi connectivity index (χ0v) is 9.49. The minimum Gasteiger partial charge on any atom is -0.463 e. The van der Waals surface area contributed by atoms with Crippen LogP contribution in [0.5, 0.6) is 0 Å². The average Bonchev–Trinajstić information content (AvgIpc) is 2.14. The van der Waals surface area contributed by atoms with Gasteiger partial charge in [0.05, 0.1) is 13.2 Å². The topological polar surface area (TPSA) is 52.6 Å². The maximum absolute atomic E-state index is 11.0. The van der Waals surface area contributed by atoms with E-state index >= 15 is 0 Å². The second-order valence-electron chi connectivity index (χ2n) is 3.44. The highest BCUT2D eigenvalue weighted by Crippen LogP contribution is 1.99. The van der Waals surface area contributed by atoms with Gasteiger partial charge in [-0.3, -0.25) is 0 Å². The Labute approximate surface area is 90.2 Å². The Morgan fingerprint density at radius 3 is 2.13 bits per heavy atom. The first-order chi connectivity index (χ1) is 7.06. The fraction of sp³-hybridized carbons (Fsp3) is 0.636. The molecule has 0 aromatic heterocycles. The largest absolute Gasteiger partial charge is 0.463 e. The summed E-state index contributed by atoms with van der Waals surface area (Å²) in [5.41, 5.74) is 0. The van der Waals surface area contributed by atoms with E-state index in [0.29, 0.717) is 19.1 Å². The zero-order chi connectivity index (χ0) is 11.7. The van der Waals surface area contributed by atoms with E-state index < -0.39 is 11.9 Å². The van der Waals surface area contributed by atoms with E-state index in [-0.39, 0.29) is 0 Å². The third-order valence-electron chi connectivity index (χ3n) is 1.58. The van der Waals surface area contributed by atoms with Gasteiger partial charge in [0, 0.05) is 12.2 Å². The molecule has 0 spiro atoms. The van der Waals surface area contributed by atoms with E-state index in [9.17, 15) is 9.59 Å². The molecule has 4 heteroatoms. The summed E-state index contributed by atoms with van der Waals surface area (Å²) in [6.07, 6.45) is 2.97. The average molecular weight is 214 g/mol. The van der Waals surface area contributed by atoms with Crippen LogP contribution in [0.15, 0.2) is 12.2 Å². The van der Waals surface area contributed by atoms with Gasteiger partial charge in [0.15, 0.2) is 0 Å². The van der Waals surface area contributed by atoms with Gasteiger partial charge < -0.3 is 9.47 Å². The Morgan fingerprint density at radius 1 is 1.13 bits per heavy atom. The molecule has 0 bridgehead atoms. The second kappa shape index (κ2) is 8.03. The van der Waals surface area contributed by atoms with Crippen LogP contribution in [-0.4, -0.2) is 25.2 Å². The monoisotopic (exact) mass is 214 g/mol. The number of carbonyl (C=O) groups excluding carboxylic acids is 2. The van der Waals surface area contributed by atoms with Crippen molar-refractivity contribution in [1.82, 2.24) is 0 Å². The van der Waals surface area contributed by atoms with E-state index in [2.05, 4.69) is 4.74 Å². The highest BCUT2D eigenvalue weighted by molar-refractivity contribution is 5.91.